The van der Waals surface area contributed by atoms with Crippen LogP contribution in [0.1, 0.15) is 40.5 Å². The lowest BCUT2D eigenvalue weighted by molar-refractivity contribution is -0.182. The molecule has 0 aliphatic carbocycles. The maximum absolute atomic E-state index is 12.1. The number of rotatable bonds is 5. The molecule has 1 amide bonds. The quantitative estimate of drug-likeness (QED) is 0.742. The highest BCUT2D eigenvalue weighted by Crippen LogP contribution is 2.27. The van der Waals surface area contributed by atoms with Crippen LogP contribution >= 0.6 is 0 Å². The Balaban J connectivity index is 2.96. The molecule has 1 rings (SSSR count). The highest BCUT2D eigenvalue weighted by atomic mass is 16.6. The Labute approximate surface area is 109 Å². The van der Waals surface area contributed by atoms with Crippen LogP contribution in [0.25, 0.3) is 0 Å². The van der Waals surface area contributed by atoms with Crippen LogP contribution in [0.5, 0.6) is 0 Å². The number of hydrogen-bond donors (Lipinski definition) is 1. The van der Waals surface area contributed by atoms with Gasteiger partial charge in [0.25, 0.3) is 0 Å². The van der Waals surface area contributed by atoms with Gasteiger partial charge in [0.2, 0.25) is 5.91 Å². The predicted octanol–water partition coefficient (Wildman–Crippen LogP) is 0.914. The molecule has 1 fully saturated rings. The minimum absolute atomic E-state index is 0.328. The Hall–Kier alpha value is -1.10. The van der Waals surface area contributed by atoms with E-state index in [1.807, 2.05) is 32.6 Å². The molecular formula is C13H24N2O3. The van der Waals surface area contributed by atoms with E-state index in [0.717, 1.165) is 6.42 Å². The average molecular weight is 256 g/mol. The molecule has 5 nitrogen and oxygen atoms in total. The zero-order chi connectivity index (χ0) is 13.9. The lowest BCUT2D eigenvalue weighted by Gasteiger charge is -2.44. The number of hydrogen-bond acceptors (Lipinski definition) is 4. The van der Waals surface area contributed by atoms with Crippen LogP contribution in [-0.4, -0.2) is 41.5 Å². The van der Waals surface area contributed by atoms with Gasteiger partial charge in [0.1, 0.15) is 11.6 Å². The zero-order valence-electron chi connectivity index (χ0n) is 11.7. The van der Waals surface area contributed by atoms with E-state index in [4.69, 9.17) is 10.5 Å². The zero-order valence-corrected chi connectivity index (χ0v) is 11.7. The van der Waals surface area contributed by atoms with E-state index in [1.54, 1.807) is 0 Å². The third kappa shape index (κ3) is 3.22. The summed E-state index contributed by atoms with van der Waals surface area (Å²) in [5.74, 6) is -1.21. The monoisotopic (exact) mass is 256 g/mol. The van der Waals surface area contributed by atoms with Crippen LogP contribution < -0.4 is 5.73 Å². The first-order valence-electron chi connectivity index (χ1n) is 6.58. The molecule has 5 heteroatoms. The van der Waals surface area contributed by atoms with Crippen molar-refractivity contribution in [3.05, 3.63) is 0 Å². The summed E-state index contributed by atoms with van der Waals surface area (Å²) in [7, 11) is 0. The maximum atomic E-state index is 12.1. The Kier molecular flexibility index (Phi) is 4.73. The summed E-state index contributed by atoms with van der Waals surface area (Å²) in [6.07, 6.45) is 1.43. The van der Waals surface area contributed by atoms with E-state index >= 15 is 0 Å². The summed E-state index contributed by atoms with van der Waals surface area (Å²) in [6, 6.07) is -0.527. The van der Waals surface area contributed by atoms with Crippen LogP contribution in [0.15, 0.2) is 0 Å². The Bertz CT molecular complexity index is 328. The number of ether oxygens (including phenoxy) is 1. The molecule has 0 radical (unpaired) electrons. The first-order valence-corrected chi connectivity index (χ1v) is 6.58. The Morgan fingerprint density at radius 2 is 2.17 bits per heavy atom. The van der Waals surface area contributed by atoms with E-state index in [-0.39, 0.29) is 5.97 Å². The number of nitrogens with two attached hydrogens (primary N) is 1. The van der Waals surface area contributed by atoms with Crippen LogP contribution in [0.3, 0.4) is 0 Å². The molecule has 2 atom stereocenters. The minimum Gasteiger partial charge on any atom is -0.457 e. The second-order valence-corrected chi connectivity index (χ2v) is 5.49. The van der Waals surface area contributed by atoms with Crippen molar-refractivity contribution in [3.8, 4) is 0 Å². The standard InChI is InChI=1S/C13H24N2O3/c1-5-7-9(11(14)16)10-12(17)18-13(3,4)8-15(10)6-2/h9-10H,5-8H2,1-4H3,(H2,14,16). The van der Waals surface area contributed by atoms with Gasteiger partial charge in [-0.1, -0.05) is 20.3 Å². The molecule has 1 saturated heterocycles. The highest BCUT2D eigenvalue weighted by molar-refractivity contribution is 5.87. The second kappa shape index (κ2) is 5.69. The van der Waals surface area contributed by atoms with Crippen LogP contribution in [0, 0.1) is 5.92 Å². The lowest BCUT2D eigenvalue weighted by atomic mass is 9.90. The molecule has 2 unspecified atom stereocenters. The predicted molar refractivity (Wildman–Crippen MR) is 68.8 cm³/mol. The van der Waals surface area contributed by atoms with Gasteiger partial charge in [-0.3, -0.25) is 14.5 Å². The molecule has 1 aliphatic heterocycles. The van der Waals surface area contributed by atoms with Gasteiger partial charge in [-0.05, 0) is 26.8 Å². The number of cyclic esters (lactones) is 1. The van der Waals surface area contributed by atoms with Gasteiger partial charge in [0, 0.05) is 6.54 Å². The van der Waals surface area contributed by atoms with Gasteiger partial charge in [0.15, 0.2) is 0 Å². The SMILES string of the molecule is CCCC(C(N)=O)C1C(=O)OC(C)(C)CN1CC. The van der Waals surface area contributed by atoms with E-state index in [2.05, 4.69) is 0 Å². The first-order chi connectivity index (χ1) is 8.32. The Morgan fingerprint density at radius 1 is 1.56 bits per heavy atom. The van der Waals surface area contributed by atoms with Crippen LogP contribution in [-0.2, 0) is 14.3 Å². The van der Waals surface area contributed by atoms with Crippen molar-refractivity contribution >= 4 is 11.9 Å². The van der Waals surface area contributed by atoms with Crippen molar-refractivity contribution in [1.29, 1.82) is 0 Å². The maximum Gasteiger partial charge on any atom is 0.324 e. The van der Waals surface area contributed by atoms with Gasteiger partial charge in [-0.25, -0.2) is 0 Å². The molecule has 0 saturated carbocycles. The van der Waals surface area contributed by atoms with Crippen molar-refractivity contribution < 1.29 is 14.3 Å². The molecule has 1 heterocycles. The molecule has 2 N–H and O–H groups in total. The second-order valence-electron chi connectivity index (χ2n) is 5.49. The fourth-order valence-corrected chi connectivity index (χ4v) is 2.60. The molecule has 0 aromatic rings. The molecule has 18 heavy (non-hydrogen) atoms. The summed E-state index contributed by atoms with van der Waals surface area (Å²) in [5, 5.41) is 0. The number of carbonyl (C=O) groups is 2. The lowest BCUT2D eigenvalue weighted by Crippen LogP contribution is -2.60. The number of esters is 1. The molecule has 0 bridgehead atoms. The number of carbonyl (C=O) groups excluding carboxylic acids is 2. The minimum atomic E-state index is -0.527. The third-order valence-corrected chi connectivity index (χ3v) is 3.35. The molecule has 0 aromatic heterocycles. The number of primary amides is 1. The molecular weight excluding hydrogens is 232 g/mol. The summed E-state index contributed by atoms with van der Waals surface area (Å²) < 4.78 is 5.41. The van der Waals surface area contributed by atoms with Gasteiger partial charge >= 0.3 is 5.97 Å². The fourth-order valence-electron chi connectivity index (χ4n) is 2.60. The van der Waals surface area contributed by atoms with E-state index in [0.29, 0.717) is 19.5 Å². The van der Waals surface area contributed by atoms with Crippen LogP contribution in [0.2, 0.25) is 0 Å². The van der Waals surface area contributed by atoms with Crippen molar-refractivity contribution in [2.24, 2.45) is 11.7 Å². The summed E-state index contributed by atoms with van der Waals surface area (Å²) in [4.78, 5) is 25.7. The largest absolute Gasteiger partial charge is 0.457 e. The molecule has 1 aliphatic rings. The molecule has 104 valence electrons. The summed E-state index contributed by atoms with van der Waals surface area (Å²) in [5.41, 5.74) is 4.93. The number of nitrogens with zero attached hydrogens (tertiary/aromatic N) is 1. The van der Waals surface area contributed by atoms with Gasteiger partial charge < -0.3 is 10.5 Å². The topological polar surface area (TPSA) is 72.6 Å². The highest BCUT2D eigenvalue weighted by Gasteiger charge is 2.45. The molecule has 0 aromatic carbocycles. The van der Waals surface area contributed by atoms with Gasteiger partial charge in [-0.2, -0.15) is 0 Å². The number of morpholine rings is 1. The number of likely N-dealkylation sites (N-methyl/N-ethyl adjacent to an activating group) is 1. The smallest absolute Gasteiger partial charge is 0.324 e. The first kappa shape index (κ1) is 15.0. The third-order valence-electron chi connectivity index (χ3n) is 3.35. The van der Waals surface area contributed by atoms with Gasteiger partial charge in [-0.15, -0.1) is 0 Å². The summed E-state index contributed by atoms with van der Waals surface area (Å²) >= 11 is 0. The number of amides is 1. The van der Waals surface area contributed by atoms with E-state index in [1.165, 1.54) is 0 Å². The van der Waals surface area contributed by atoms with Crippen LogP contribution in [0.4, 0.5) is 0 Å². The average Bonchev–Trinajstić information content (AvgIpc) is 2.24. The van der Waals surface area contributed by atoms with Crippen molar-refractivity contribution in [3.63, 3.8) is 0 Å². The molecule has 0 spiro atoms. The normalized spacial score (nSPS) is 25.6. The van der Waals surface area contributed by atoms with E-state index < -0.39 is 23.5 Å². The van der Waals surface area contributed by atoms with E-state index in [9.17, 15) is 9.59 Å². The van der Waals surface area contributed by atoms with Crippen molar-refractivity contribution in [2.45, 2.75) is 52.2 Å². The Morgan fingerprint density at radius 3 is 2.61 bits per heavy atom. The van der Waals surface area contributed by atoms with Crippen molar-refractivity contribution in [1.82, 2.24) is 4.90 Å². The van der Waals surface area contributed by atoms with Crippen molar-refractivity contribution in [2.75, 3.05) is 13.1 Å². The summed E-state index contributed by atoms with van der Waals surface area (Å²) in [6.45, 7) is 9.05. The fraction of sp³-hybridized carbons (Fsp3) is 0.846. The van der Waals surface area contributed by atoms with Gasteiger partial charge in [0.05, 0.1) is 5.92 Å².